The van der Waals surface area contributed by atoms with Crippen LogP contribution in [0.4, 0.5) is 4.39 Å². The van der Waals surface area contributed by atoms with E-state index in [2.05, 4.69) is 5.32 Å². The van der Waals surface area contributed by atoms with Crippen LogP contribution >= 0.6 is 0 Å². The van der Waals surface area contributed by atoms with E-state index in [4.69, 9.17) is 4.98 Å². The van der Waals surface area contributed by atoms with Gasteiger partial charge in [0.15, 0.2) is 0 Å². The van der Waals surface area contributed by atoms with Gasteiger partial charge in [-0.2, -0.15) is 0 Å². The van der Waals surface area contributed by atoms with Crippen molar-refractivity contribution in [2.45, 2.75) is 25.8 Å². The van der Waals surface area contributed by atoms with Crippen molar-refractivity contribution in [2.24, 2.45) is 5.41 Å². The Morgan fingerprint density at radius 3 is 2.69 bits per heavy atom. The summed E-state index contributed by atoms with van der Waals surface area (Å²) in [6, 6.07) is 12.1. The predicted molar refractivity (Wildman–Crippen MR) is 99.6 cm³/mol. The van der Waals surface area contributed by atoms with Crippen molar-refractivity contribution in [1.29, 1.82) is 0 Å². The van der Waals surface area contributed by atoms with Crippen LogP contribution < -0.4 is 10.9 Å². The van der Waals surface area contributed by atoms with Crippen LogP contribution in [-0.2, 0) is 13.0 Å². The molecule has 26 heavy (non-hydrogen) atoms. The number of nitrogens with zero attached hydrogens (tertiary/aromatic N) is 2. The number of fused-ring (bicyclic) bond motifs is 2. The summed E-state index contributed by atoms with van der Waals surface area (Å²) < 4.78 is 15.4. The maximum Gasteiger partial charge on any atom is 0.261 e. The first-order valence-corrected chi connectivity index (χ1v) is 9.14. The minimum absolute atomic E-state index is 0.0474. The van der Waals surface area contributed by atoms with Gasteiger partial charge in [0.1, 0.15) is 11.6 Å². The summed E-state index contributed by atoms with van der Waals surface area (Å²) in [4.78, 5) is 17.8. The number of aromatic nitrogens is 2. The van der Waals surface area contributed by atoms with E-state index in [0.29, 0.717) is 10.9 Å². The van der Waals surface area contributed by atoms with Crippen molar-refractivity contribution in [3.8, 4) is 11.1 Å². The monoisotopic (exact) mass is 349 g/mol. The zero-order valence-electron chi connectivity index (χ0n) is 14.5. The summed E-state index contributed by atoms with van der Waals surface area (Å²) in [6.07, 6.45) is 3.03. The van der Waals surface area contributed by atoms with E-state index in [-0.39, 0.29) is 16.8 Å². The molecule has 1 saturated heterocycles. The van der Waals surface area contributed by atoms with Gasteiger partial charge in [-0.15, -0.1) is 0 Å². The van der Waals surface area contributed by atoms with Gasteiger partial charge < -0.3 is 5.32 Å². The molecule has 0 saturated carbocycles. The zero-order valence-corrected chi connectivity index (χ0v) is 14.5. The molecule has 1 N–H and O–H groups in total. The minimum atomic E-state index is -0.266. The Bertz CT molecular complexity index is 1070. The van der Waals surface area contributed by atoms with Gasteiger partial charge >= 0.3 is 0 Å². The van der Waals surface area contributed by atoms with Gasteiger partial charge in [-0.05, 0) is 66.7 Å². The number of hydrogen-bond donors (Lipinski definition) is 1. The lowest BCUT2D eigenvalue weighted by atomic mass is 9.78. The molecule has 5 rings (SSSR count). The number of nitrogens with one attached hydrogen (secondary N) is 1. The first-order valence-electron chi connectivity index (χ1n) is 9.14. The molecule has 0 amide bonds. The normalized spacial score (nSPS) is 18.3. The van der Waals surface area contributed by atoms with E-state index in [9.17, 15) is 9.18 Å². The van der Waals surface area contributed by atoms with Crippen LogP contribution in [0.1, 0.15) is 18.7 Å². The van der Waals surface area contributed by atoms with Gasteiger partial charge in [0.25, 0.3) is 5.56 Å². The number of rotatable bonds is 1. The summed E-state index contributed by atoms with van der Waals surface area (Å²) >= 11 is 0. The average molecular weight is 349 g/mol. The largest absolute Gasteiger partial charge is 0.317 e. The zero-order chi connectivity index (χ0) is 17.7. The van der Waals surface area contributed by atoms with Crippen molar-refractivity contribution in [3.05, 3.63) is 64.5 Å². The molecule has 3 aromatic rings. The Morgan fingerprint density at radius 2 is 1.88 bits per heavy atom. The third-order valence-electron chi connectivity index (χ3n) is 5.88. The van der Waals surface area contributed by atoms with Gasteiger partial charge in [-0.1, -0.05) is 18.2 Å². The fraction of sp³-hybridized carbons (Fsp3) is 0.333. The van der Waals surface area contributed by atoms with E-state index in [0.717, 1.165) is 55.8 Å². The summed E-state index contributed by atoms with van der Waals surface area (Å²) in [7, 11) is 0. The highest BCUT2D eigenvalue weighted by Gasteiger charge is 2.39. The summed E-state index contributed by atoms with van der Waals surface area (Å²) in [6.45, 7) is 2.79. The molecule has 2 aliphatic heterocycles. The van der Waals surface area contributed by atoms with E-state index in [1.807, 2.05) is 28.8 Å². The first kappa shape index (κ1) is 15.7. The Labute approximate surface area is 150 Å². The molecule has 1 spiro atoms. The van der Waals surface area contributed by atoms with Gasteiger partial charge in [-0.25, -0.2) is 9.37 Å². The Balaban J connectivity index is 1.61. The highest BCUT2D eigenvalue weighted by Crippen LogP contribution is 2.39. The lowest BCUT2D eigenvalue weighted by molar-refractivity contribution is 0.198. The number of benzene rings is 2. The Kier molecular flexibility index (Phi) is 3.47. The van der Waals surface area contributed by atoms with Crippen molar-refractivity contribution in [2.75, 3.05) is 13.1 Å². The molecular formula is C21H20FN3O. The van der Waals surface area contributed by atoms with E-state index in [1.165, 1.54) is 12.1 Å². The molecule has 0 radical (unpaired) electrons. The second-order valence-corrected chi connectivity index (χ2v) is 7.59. The summed E-state index contributed by atoms with van der Waals surface area (Å²) in [5.41, 5.74) is 2.60. The molecule has 0 unspecified atom stereocenters. The third-order valence-corrected chi connectivity index (χ3v) is 5.88. The molecule has 0 bridgehead atoms. The van der Waals surface area contributed by atoms with Crippen molar-refractivity contribution in [1.82, 2.24) is 14.9 Å². The van der Waals surface area contributed by atoms with E-state index < -0.39 is 0 Å². The van der Waals surface area contributed by atoms with Crippen LogP contribution in [0.15, 0.2) is 47.3 Å². The fourth-order valence-electron chi connectivity index (χ4n) is 4.43. The van der Waals surface area contributed by atoms with Crippen molar-refractivity contribution < 1.29 is 4.39 Å². The molecule has 2 aliphatic rings. The maximum atomic E-state index is 13.5. The quantitative estimate of drug-likeness (QED) is 0.734. The van der Waals surface area contributed by atoms with Crippen LogP contribution in [0, 0.1) is 11.2 Å². The fourth-order valence-corrected chi connectivity index (χ4v) is 4.43. The van der Waals surface area contributed by atoms with Crippen LogP contribution in [0.3, 0.4) is 0 Å². The number of halogens is 1. The molecule has 132 valence electrons. The molecule has 5 heteroatoms. The predicted octanol–water partition coefficient (Wildman–Crippen LogP) is 3.13. The van der Waals surface area contributed by atoms with E-state index in [1.54, 1.807) is 6.07 Å². The first-order chi connectivity index (χ1) is 12.6. The van der Waals surface area contributed by atoms with Crippen LogP contribution in [0.2, 0.25) is 0 Å². The van der Waals surface area contributed by atoms with Gasteiger partial charge in [0, 0.05) is 13.0 Å². The van der Waals surface area contributed by atoms with Crippen LogP contribution in [0.25, 0.3) is 22.0 Å². The molecule has 1 fully saturated rings. The van der Waals surface area contributed by atoms with Gasteiger partial charge in [0.2, 0.25) is 0 Å². The molecule has 0 atom stereocenters. The van der Waals surface area contributed by atoms with E-state index >= 15 is 0 Å². The average Bonchev–Trinajstić information content (AvgIpc) is 3.00. The molecule has 4 nitrogen and oxygen atoms in total. The smallest absolute Gasteiger partial charge is 0.261 e. The number of piperidine rings is 1. The molecule has 2 aromatic carbocycles. The number of hydrogen-bond acceptors (Lipinski definition) is 3. The third kappa shape index (κ3) is 2.46. The van der Waals surface area contributed by atoms with Gasteiger partial charge in [-0.3, -0.25) is 9.36 Å². The lowest BCUT2D eigenvalue weighted by Crippen LogP contribution is -2.38. The Hall–Kier alpha value is -2.53. The molecule has 1 aromatic heterocycles. The van der Waals surface area contributed by atoms with Crippen molar-refractivity contribution in [3.63, 3.8) is 0 Å². The summed E-state index contributed by atoms with van der Waals surface area (Å²) in [5, 5.41) is 4.04. The second-order valence-electron chi connectivity index (χ2n) is 7.59. The molecular weight excluding hydrogens is 329 g/mol. The maximum absolute atomic E-state index is 13.5. The minimum Gasteiger partial charge on any atom is -0.317 e. The molecule has 3 heterocycles. The summed E-state index contributed by atoms with van der Waals surface area (Å²) in [5.74, 6) is 0.623. The highest BCUT2D eigenvalue weighted by molar-refractivity contribution is 5.83. The van der Waals surface area contributed by atoms with Gasteiger partial charge in [0.05, 0.1) is 10.9 Å². The van der Waals surface area contributed by atoms with Crippen LogP contribution in [-0.4, -0.2) is 22.6 Å². The topological polar surface area (TPSA) is 46.9 Å². The Morgan fingerprint density at radius 1 is 1.08 bits per heavy atom. The highest BCUT2D eigenvalue weighted by atomic mass is 19.1. The second kappa shape index (κ2) is 5.74. The van der Waals surface area contributed by atoms with Crippen LogP contribution in [0.5, 0.6) is 0 Å². The standard InChI is InChI=1S/C21H20FN3O/c22-16-3-1-2-14(10-16)15-4-5-17-18(11-15)24-19-12-21(6-8-23-9-7-21)13-25(19)20(17)26/h1-5,10-11,23H,6-9,12-13H2. The lowest BCUT2D eigenvalue weighted by Gasteiger charge is -2.32. The SMILES string of the molecule is O=c1c2ccc(-c3cccc(F)c3)cc2nc2n1CC1(CCNCC1)C2. The van der Waals surface area contributed by atoms with Crippen molar-refractivity contribution >= 4 is 10.9 Å². The molecule has 0 aliphatic carbocycles.